The lowest BCUT2D eigenvalue weighted by Gasteiger charge is -2.34. The average Bonchev–Trinajstić information content (AvgIpc) is 3.42. The first-order valence-corrected chi connectivity index (χ1v) is 12.0. The van der Waals surface area contributed by atoms with Crippen LogP contribution >= 0.6 is 11.3 Å². The number of rotatable bonds is 8. The number of aliphatic hydroxyl groups excluding tert-OH is 1. The average molecular weight is 495 g/mol. The van der Waals surface area contributed by atoms with Gasteiger partial charge in [0.25, 0.3) is 5.91 Å². The van der Waals surface area contributed by atoms with Crippen molar-refractivity contribution in [1.82, 2.24) is 4.90 Å². The number of hydrogen-bond acceptors (Lipinski definition) is 6. The maximum Gasteiger partial charge on any atom is 0.409 e. The van der Waals surface area contributed by atoms with Gasteiger partial charge in [0, 0.05) is 12.6 Å². The fourth-order valence-corrected chi connectivity index (χ4v) is 4.70. The van der Waals surface area contributed by atoms with Crippen molar-refractivity contribution in [2.75, 3.05) is 25.6 Å². The molecule has 3 aromatic rings. The zero-order valence-corrected chi connectivity index (χ0v) is 20.0. The van der Waals surface area contributed by atoms with Crippen molar-refractivity contribution >= 4 is 34.6 Å². The topological polar surface area (TPSA) is 108 Å². The molecule has 0 unspecified atom stereocenters. The first kappa shape index (κ1) is 24.3. The van der Waals surface area contributed by atoms with Crippen molar-refractivity contribution in [2.45, 2.75) is 19.1 Å². The maximum absolute atomic E-state index is 13.6. The van der Waals surface area contributed by atoms with Gasteiger partial charge in [-0.1, -0.05) is 36.4 Å². The molecular weight excluding hydrogens is 468 g/mol. The van der Waals surface area contributed by atoms with E-state index in [-0.39, 0.29) is 24.5 Å². The molecule has 182 valence electrons. The predicted octanol–water partition coefficient (Wildman–Crippen LogP) is 4.72. The Kier molecular flexibility index (Phi) is 7.69. The molecule has 2 aromatic carbocycles. The zero-order chi connectivity index (χ0) is 24.8. The second-order valence-corrected chi connectivity index (χ2v) is 8.74. The molecule has 8 nitrogen and oxygen atoms in total. The van der Waals surface area contributed by atoms with E-state index in [2.05, 4.69) is 5.32 Å². The molecule has 0 fully saturated rings. The first-order valence-electron chi connectivity index (χ1n) is 11.0. The Morgan fingerprint density at radius 3 is 2.63 bits per heavy atom. The molecule has 0 spiro atoms. The number of nitrogens with zero attached hydrogens (tertiary/aromatic N) is 1. The highest BCUT2D eigenvalue weighted by atomic mass is 32.1. The highest BCUT2D eigenvalue weighted by Gasteiger charge is 2.30. The number of anilines is 1. The lowest BCUT2D eigenvalue weighted by molar-refractivity contribution is 0.0648. The highest BCUT2D eigenvalue weighted by Crippen LogP contribution is 2.36. The lowest BCUT2D eigenvalue weighted by atomic mass is 9.97. The van der Waals surface area contributed by atoms with Crippen molar-refractivity contribution in [3.05, 3.63) is 82.1 Å². The van der Waals surface area contributed by atoms with Crippen molar-refractivity contribution in [3.63, 3.8) is 0 Å². The Bertz CT molecular complexity index is 1210. The summed E-state index contributed by atoms with van der Waals surface area (Å²) in [7, 11) is 1.45. The van der Waals surface area contributed by atoms with E-state index in [9.17, 15) is 19.8 Å². The van der Waals surface area contributed by atoms with Gasteiger partial charge < -0.3 is 24.6 Å². The SMILES string of the molecule is COc1cc(C(=O)N2CCC(c3ccsc3)=C[C@H]2CO)c(NC(=O)O)cc1OCc1ccccc1. The second kappa shape index (κ2) is 11.1. The Balaban J connectivity index is 1.64. The molecule has 0 radical (unpaired) electrons. The molecule has 2 amide bonds. The third-order valence-electron chi connectivity index (χ3n) is 5.77. The van der Waals surface area contributed by atoms with Crippen molar-refractivity contribution in [1.29, 1.82) is 0 Å². The number of carbonyl (C=O) groups is 2. The number of hydrogen-bond donors (Lipinski definition) is 3. The first-order chi connectivity index (χ1) is 17.0. The highest BCUT2D eigenvalue weighted by molar-refractivity contribution is 7.08. The van der Waals surface area contributed by atoms with Crippen LogP contribution in [-0.4, -0.2) is 53.4 Å². The van der Waals surface area contributed by atoms with Crippen LogP contribution < -0.4 is 14.8 Å². The van der Waals surface area contributed by atoms with Crippen molar-refractivity contribution in [2.24, 2.45) is 0 Å². The smallest absolute Gasteiger partial charge is 0.409 e. The number of carboxylic acid groups (broad SMARTS) is 1. The number of nitrogens with one attached hydrogen (secondary N) is 1. The molecule has 1 atom stereocenters. The number of amides is 2. The fraction of sp³-hybridized carbons (Fsp3) is 0.231. The summed E-state index contributed by atoms with van der Waals surface area (Å²) in [5.41, 5.74) is 3.27. The van der Waals surface area contributed by atoms with Gasteiger partial charge in [-0.15, -0.1) is 0 Å². The number of methoxy groups -OCH3 is 1. The molecule has 0 aliphatic carbocycles. The quantitative estimate of drug-likeness (QED) is 0.418. The van der Waals surface area contributed by atoms with Gasteiger partial charge in [-0.25, -0.2) is 4.79 Å². The minimum Gasteiger partial charge on any atom is -0.493 e. The molecule has 0 bridgehead atoms. The second-order valence-electron chi connectivity index (χ2n) is 7.96. The third-order valence-corrected chi connectivity index (χ3v) is 6.45. The molecule has 4 rings (SSSR count). The molecule has 0 saturated heterocycles. The predicted molar refractivity (Wildman–Crippen MR) is 134 cm³/mol. The molecule has 35 heavy (non-hydrogen) atoms. The largest absolute Gasteiger partial charge is 0.493 e. The molecular formula is C26H26N2O6S. The Hall–Kier alpha value is -3.82. The minimum absolute atomic E-state index is 0.0793. The Labute approximate surface area is 207 Å². The van der Waals surface area contributed by atoms with Gasteiger partial charge in [-0.3, -0.25) is 10.1 Å². The summed E-state index contributed by atoms with van der Waals surface area (Å²) in [5, 5.41) is 25.7. The molecule has 0 saturated carbocycles. The van der Waals surface area contributed by atoms with E-state index in [1.54, 1.807) is 16.2 Å². The van der Waals surface area contributed by atoms with Gasteiger partial charge in [0.05, 0.1) is 31.0 Å². The maximum atomic E-state index is 13.6. The van der Waals surface area contributed by atoms with Crippen molar-refractivity contribution < 1.29 is 29.3 Å². The van der Waals surface area contributed by atoms with Crippen molar-refractivity contribution in [3.8, 4) is 11.5 Å². The monoisotopic (exact) mass is 494 g/mol. The molecule has 9 heteroatoms. The van der Waals surface area contributed by atoms with Gasteiger partial charge in [0.2, 0.25) is 0 Å². The Morgan fingerprint density at radius 2 is 1.97 bits per heavy atom. The number of aliphatic hydroxyl groups is 1. The van der Waals surface area contributed by atoms with E-state index in [0.717, 1.165) is 16.7 Å². The molecule has 2 heterocycles. The number of ether oxygens (including phenoxy) is 2. The van der Waals surface area contributed by atoms with E-state index in [4.69, 9.17) is 9.47 Å². The summed E-state index contributed by atoms with van der Waals surface area (Å²) >= 11 is 1.59. The summed E-state index contributed by atoms with van der Waals surface area (Å²) in [4.78, 5) is 26.6. The van der Waals surface area contributed by atoms with Crippen LogP contribution in [-0.2, 0) is 6.61 Å². The van der Waals surface area contributed by atoms with E-state index >= 15 is 0 Å². The molecule has 1 aliphatic rings. The van der Waals surface area contributed by atoms with Crippen LogP contribution in [0.1, 0.15) is 27.9 Å². The minimum atomic E-state index is -1.31. The molecule has 1 aliphatic heterocycles. The van der Waals surface area contributed by atoms with E-state index in [0.29, 0.717) is 24.5 Å². The van der Waals surface area contributed by atoms with Crippen LogP contribution in [0.25, 0.3) is 5.57 Å². The lowest BCUT2D eigenvalue weighted by Crippen LogP contribution is -2.44. The van der Waals surface area contributed by atoms with Gasteiger partial charge in [-0.05, 0) is 46.0 Å². The van der Waals surface area contributed by atoms with Gasteiger partial charge >= 0.3 is 6.09 Å². The summed E-state index contributed by atoms with van der Waals surface area (Å²) in [6.07, 6.45) is 1.20. The third kappa shape index (κ3) is 5.64. The zero-order valence-electron chi connectivity index (χ0n) is 19.1. The number of benzene rings is 2. The number of thiophene rings is 1. The normalized spacial score (nSPS) is 15.3. The van der Waals surface area contributed by atoms with Crippen LogP contribution in [0.2, 0.25) is 0 Å². The summed E-state index contributed by atoms with van der Waals surface area (Å²) in [6, 6.07) is 13.9. The van der Waals surface area contributed by atoms with Gasteiger partial charge in [0.1, 0.15) is 6.61 Å². The summed E-state index contributed by atoms with van der Waals surface area (Å²) in [5.74, 6) is 0.183. The van der Waals surface area contributed by atoms with Crippen LogP contribution in [0.15, 0.2) is 65.4 Å². The van der Waals surface area contributed by atoms with Crippen LogP contribution in [0.4, 0.5) is 10.5 Å². The molecule has 1 aromatic heterocycles. The van der Waals surface area contributed by atoms with E-state index in [1.165, 1.54) is 19.2 Å². The van der Waals surface area contributed by atoms with E-state index < -0.39 is 18.0 Å². The fourth-order valence-electron chi connectivity index (χ4n) is 4.02. The van der Waals surface area contributed by atoms with Gasteiger partial charge in [0.15, 0.2) is 11.5 Å². The van der Waals surface area contributed by atoms with Crippen LogP contribution in [0, 0.1) is 0 Å². The van der Waals surface area contributed by atoms with Crippen LogP contribution in [0.5, 0.6) is 11.5 Å². The standard InChI is InChI=1S/C26H26N2O6S/c1-33-23-12-21(22(27-26(31)32)13-24(23)34-15-17-5-3-2-4-6-17)25(30)28-9-7-18(11-20(28)14-29)19-8-10-35-16-19/h2-6,8,10-13,16,20,27,29H,7,9,14-15H2,1H3,(H,31,32)/t20-/m0/s1. The summed E-state index contributed by atoms with van der Waals surface area (Å²) in [6.45, 7) is 0.370. The molecule has 3 N–H and O–H groups in total. The van der Waals surface area contributed by atoms with Crippen LogP contribution in [0.3, 0.4) is 0 Å². The summed E-state index contributed by atoms with van der Waals surface area (Å²) < 4.78 is 11.3. The number of carbonyl (C=O) groups excluding carboxylic acids is 1. The van der Waals surface area contributed by atoms with E-state index in [1.807, 2.05) is 53.2 Å². The van der Waals surface area contributed by atoms with Gasteiger partial charge in [-0.2, -0.15) is 11.3 Å². The Morgan fingerprint density at radius 1 is 1.17 bits per heavy atom.